The third-order valence-electron chi connectivity index (χ3n) is 4.11. The molecule has 1 aliphatic carbocycles. The van der Waals surface area contributed by atoms with E-state index in [4.69, 9.17) is 0 Å². The summed E-state index contributed by atoms with van der Waals surface area (Å²) in [7, 11) is 0. The number of aryl methyl sites for hydroxylation is 2. The molecule has 2 nitrogen and oxygen atoms in total. The molecule has 108 valence electrons. The Morgan fingerprint density at radius 2 is 2.00 bits per heavy atom. The number of halogens is 1. The van der Waals surface area contributed by atoms with Crippen LogP contribution in [0.5, 0.6) is 0 Å². The molecule has 0 spiro atoms. The Balaban J connectivity index is 1.85. The van der Waals surface area contributed by atoms with Crippen molar-refractivity contribution < 1.29 is 4.79 Å². The molecule has 3 heteroatoms. The molecular weight excluding hydrogens is 373 g/mol. The summed E-state index contributed by atoms with van der Waals surface area (Å²) in [5, 5.41) is 3.22. The number of amides is 1. The molecule has 0 radical (unpaired) electrons. The van der Waals surface area contributed by atoms with Gasteiger partial charge in [-0.15, -0.1) is 0 Å². The van der Waals surface area contributed by atoms with Gasteiger partial charge in [0.15, 0.2) is 0 Å². The summed E-state index contributed by atoms with van der Waals surface area (Å²) < 4.78 is 1.04. The molecule has 3 rings (SSSR count). The molecular formula is C18H18INO. The molecule has 2 aromatic carbocycles. The topological polar surface area (TPSA) is 29.1 Å². The van der Waals surface area contributed by atoms with Crippen molar-refractivity contribution in [1.29, 1.82) is 0 Å². The lowest BCUT2D eigenvalue weighted by molar-refractivity contribution is 0.0931. The van der Waals surface area contributed by atoms with Gasteiger partial charge in [-0.2, -0.15) is 0 Å². The van der Waals surface area contributed by atoms with Crippen LogP contribution in [-0.4, -0.2) is 5.91 Å². The van der Waals surface area contributed by atoms with Crippen LogP contribution in [0.3, 0.4) is 0 Å². The maximum absolute atomic E-state index is 12.6. The highest BCUT2D eigenvalue weighted by Gasteiger charge is 2.22. The van der Waals surface area contributed by atoms with E-state index in [0.717, 1.165) is 34.0 Å². The summed E-state index contributed by atoms with van der Waals surface area (Å²) in [6.07, 6.45) is 3.27. The second-order valence-electron chi connectivity index (χ2n) is 5.55. The van der Waals surface area contributed by atoms with Crippen LogP contribution in [0.4, 0.5) is 0 Å². The van der Waals surface area contributed by atoms with Crippen molar-refractivity contribution in [2.24, 2.45) is 0 Å². The van der Waals surface area contributed by atoms with Crippen LogP contribution in [0.15, 0.2) is 42.5 Å². The zero-order chi connectivity index (χ0) is 14.8. The maximum Gasteiger partial charge on any atom is 0.252 e. The van der Waals surface area contributed by atoms with Crippen LogP contribution in [0.25, 0.3) is 0 Å². The van der Waals surface area contributed by atoms with E-state index in [9.17, 15) is 4.79 Å². The minimum absolute atomic E-state index is 0.0322. The Kier molecular flexibility index (Phi) is 4.29. The monoisotopic (exact) mass is 391 g/mol. The first kappa shape index (κ1) is 14.6. The number of hydrogen-bond donors (Lipinski definition) is 1. The first-order chi connectivity index (χ1) is 10.2. The average molecular weight is 391 g/mol. The highest BCUT2D eigenvalue weighted by molar-refractivity contribution is 14.1. The zero-order valence-electron chi connectivity index (χ0n) is 12.0. The lowest BCUT2D eigenvalue weighted by atomic mass is 9.87. The van der Waals surface area contributed by atoms with E-state index < -0.39 is 0 Å². The smallest absolute Gasteiger partial charge is 0.252 e. The SMILES string of the molecule is Cc1cccc(C(=O)NC2CCCc3ccccc32)c1I. The van der Waals surface area contributed by atoms with E-state index in [1.807, 2.05) is 25.1 Å². The zero-order valence-corrected chi connectivity index (χ0v) is 14.2. The number of nitrogens with one attached hydrogen (secondary N) is 1. The standard InChI is InChI=1S/C18H18INO/c1-12-6-4-10-15(17(12)19)18(21)20-16-11-5-8-13-7-2-3-9-14(13)16/h2-4,6-7,9-10,16H,5,8,11H2,1H3,(H,20,21). The fraction of sp³-hybridized carbons (Fsp3) is 0.278. The van der Waals surface area contributed by atoms with Crippen LogP contribution in [0.1, 0.15) is 45.9 Å². The molecule has 2 aromatic rings. The Hall–Kier alpha value is -1.36. The molecule has 1 aliphatic rings. The molecule has 0 bridgehead atoms. The third-order valence-corrected chi connectivity index (χ3v) is 5.54. The molecule has 1 atom stereocenters. The molecule has 21 heavy (non-hydrogen) atoms. The second kappa shape index (κ2) is 6.18. The number of carbonyl (C=O) groups is 1. The summed E-state index contributed by atoms with van der Waals surface area (Å²) in [5.74, 6) is 0.0322. The summed E-state index contributed by atoms with van der Waals surface area (Å²) in [6, 6.07) is 14.5. The molecule has 1 amide bonds. The number of hydrogen-bond acceptors (Lipinski definition) is 1. The Morgan fingerprint density at radius 1 is 1.19 bits per heavy atom. The molecule has 0 heterocycles. The van der Waals surface area contributed by atoms with E-state index in [0.29, 0.717) is 0 Å². The first-order valence-corrected chi connectivity index (χ1v) is 8.38. The van der Waals surface area contributed by atoms with E-state index in [1.54, 1.807) is 0 Å². The number of benzene rings is 2. The Bertz CT molecular complexity index is 681. The van der Waals surface area contributed by atoms with Gasteiger partial charge in [-0.25, -0.2) is 0 Å². The van der Waals surface area contributed by atoms with Gasteiger partial charge in [0, 0.05) is 3.57 Å². The predicted octanol–water partition coefficient (Wildman–Crippen LogP) is 4.41. The van der Waals surface area contributed by atoms with Crippen molar-refractivity contribution in [2.45, 2.75) is 32.2 Å². The molecule has 0 saturated heterocycles. The normalized spacial score (nSPS) is 17.1. The van der Waals surface area contributed by atoms with Crippen molar-refractivity contribution in [2.75, 3.05) is 0 Å². The molecule has 0 aromatic heterocycles. The summed E-state index contributed by atoms with van der Waals surface area (Å²) in [6.45, 7) is 2.04. The summed E-state index contributed by atoms with van der Waals surface area (Å²) in [4.78, 5) is 12.6. The first-order valence-electron chi connectivity index (χ1n) is 7.30. The molecule has 1 unspecified atom stereocenters. The largest absolute Gasteiger partial charge is 0.345 e. The molecule has 0 saturated carbocycles. The van der Waals surface area contributed by atoms with Crippen molar-refractivity contribution in [3.05, 3.63) is 68.3 Å². The van der Waals surface area contributed by atoms with Crippen LogP contribution in [0, 0.1) is 10.5 Å². The third kappa shape index (κ3) is 2.98. The van der Waals surface area contributed by atoms with Crippen molar-refractivity contribution in [3.63, 3.8) is 0 Å². The lowest BCUT2D eigenvalue weighted by Crippen LogP contribution is -2.31. The quantitative estimate of drug-likeness (QED) is 0.756. The molecule has 0 aliphatic heterocycles. The summed E-state index contributed by atoms with van der Waals surface area (Å²) >= 11 is 2.25. The van der Waals surface area contributed by atoms with Crippen LogP contribution in [-0.2, 0) is 6.42 Å². The van der Waals surface area contributed by atoms with Crippen LogP contribution < -0.4 is 5.32 Å². The number of rotatable bonds is 2. The second-order valence-corrected chi connectivity index (χ2v) is 6.63. The van der Waals surface area contributed by atoms with E-state index in [2.05, 4.69) is 52.2 Å². The van der Waals surface area contributed by atoms with Crippen LogP contribution in [0.2, 0.25) is 0 Å². The minimum atomic E-state index is 0.0322. The minimum Gasteiger partial charge on any atom is -0.345 e. The molecule has 1 N–H and O–H groups in total. The van der Waals surface area contributed by atoms with Gasteiger partial charge in [-0.1, -0.05) is 36.4 Å². The van der Waals surface area contributed by atoms with Crippen molar-refractivity contribution in [3.8, 4) is 0 Å². The van der Waals surface area contributed by atoms with Crippen molar-refractivity contribution >= 4 is 28.5 Å². The lowest BCUT2D eigenvalue weighted by Gasteiger charge is -2.26. The van der Waals surface area contributed by atoms with Gasteiger partial charge in [0.05, 0.1) is 11.6 Å². The maximum atomic E-state index is 12.6. The van der Waals surface area contributed by atoms with Gasteiger partial charge in [0.2, 0.25) is 0 Å². The van der Waals surface area contributed by atoms with E-state index in [1.165, 1.54) is 11.1 Å². The highest BCUT2D eigenvalue weighted by Crippen LogP contribution is 2.30. The molecule has 0 fully saturated rings. The number of carbonyl (C=O) groups excluding carboxylic acids is 1. The van der Waals surface area contributed by atoms with E-state index >= 15 is 0 Å². The highest BCUT2D eigenvalue weighted by atomic mass is 127. The summed E-state index contributed by atoms with van der Waals surface area (Å²) in [5.41, 5.74) is 4.57. The Labute approximate surface area is 139 Å². The fourth-order valence-corrected chi connectivity index (χ4v) is 3.57. The van der Waals surface area contributed by atoms with Gasteiger partial charge in [0.25, 0.3) is 5.91 Å². The fourth-order valence-electron chi connectivity index (χ4n) is 2.96. The van der Waals surface area contributed by atoms with Gasteiger partial charge in [-0.05, 0) is 71.5 Å². The van der Waals surface area contributed by atoms with Gasteiger partial charge in [-0.3, -0.25) is 4.79 Å². The van der Waals surface area contributed by atoms with Crippen LogP contribution >= 0.6 is 22.6 Å². The Morgan fingerprint density at radius 3 is 2.86 bits per heavy atom. The predicted molar refractivity (Wildman–Crippen MR) is 93.5 cm³/mol. The average Bonchev–Trinajstić information content (AvgIpc) is 2.50. The van der Waals surface area contributed by atoms with Gasteiger partial charge in [0.1, 0.15) is 0 Å². The van der Waals surface area contributed by atoms with Gasteiger partial charge < -0.3 is 5.32 Å². The van der Waals surface area contributed by atoms with E-state index in [-0.39, 0.29) is 11.9 Å². The number of fused-ring (bicyclic) bond motifs is 1. The van der Waals surface area contributed by atoms with Gasteiger partial charge >= 0.3 is 0 Å². The van der Waals surface area contributed by atoms with Crippen molar-refractivity contribution in [1.82, 2.24) is 5.32 Å².